The van der Waals surface area contributed by atoms with Crippen LogP contribution < -0.4 is 10.2 Å². The monoisotopic (exact) mass is 233 g/mol. The van der Waals surface area contributed by atoms with Crippen LogP contribution in [-0.2, 0) is 6.54 Å². The second kappa shape index (κ2) is 6.01. The molecule has 1 heterocycles. The highest BCUT2D eigenvalue weighted by Crippen LogP contribution is 2.28. The molecule has 17 heavy (non-hydrogen) atoms. The second-order valence-corrected chi connectivity index (χ2v) is 4.76. The Balaban J connectivity index is 2.14. The Kier molecular flexibility index (Phi) is 4.37. The first kappa shape index (κ1) is 12.4. The van der Waals surface area contributed by atoms with Crippen LogP contribution in [0.4, 0.5) is 5.69 Å². The van der Waals surface area contributed by atoms with Crippen LogP contribution in [0.25, 0.3) is 0 Å². The molecule has 2 rings (SSSR count). The molecule has 1 aliphatic carbocycles. The fourth-order valence-corrected chi connectivity index (χ4v) is 2.79. The first-order valence-corrected chi connectivity index (χ1v) is 6.71. The third kappa shape index (κ3) is 2.97. The Morgan fingerprint density at radius 2 is 2.18 bits per heavy atom. The number of aromatic nitrogens is 1. The lowest BCUT2D eigenvalue weighted by molar-refractivity contribution is 0.619. The van der Waals surface area contributed by atoms with Crippen LogP contribution >= 0.6 is 0 Å². The molecule has 0 spiro atoms. The van der Waals surface area contributed by atoms with Crippen molar-refractivity contribution in [3.63, 3.8) is 0 Å². The summed E-state index contributed by atoms with van der Waals surface area (Å²) < 4.78 is 0. The van der Waals surface area contributed by atoms with E-state index in [2.05, 4.69) is 34.3 Å². The normalized spacial score (nSPS) is 16.4. The van der Waals surface area contributed by atoms with Crippen LogP contribution in [0.3, 0.4) is 0 Å². The van der Waals surface area contributed by atoms with Crippen LogP contribution in [0.1, 0.15) is 38.3 Å². The van der Waals surface area contributed by atoms with Gasteiger partial charge in [-0.25, -0.2) is 0 Å². The van der Waals surface area contributed by atoms with Crippen molar-refractivity contribution in [2.24, 2.45) is 0 Å². The summed E-state index contributed by atoms with van der Waals surface area (Å²) in [6.07, 6.45) is 7.39. The summed E-state index contributed by atoms with van der Waals surface area (Å²) in [5, 5.41) is 3.16. The Hall–Kier alpha value is -1.09. The summed E-state index contributed by atoms with van der Waals surface area (Å²) in [6.45, 7) is 4.18. The van der Waals surface area contributed by atoms with Gasteiger partial charge in [-0.2, -0.15) is 0 Å². The molecule has 1 fully saturated rings. The van der Waals surface area contributed by atoms with Gasteiger partial charge in [-0.15, -0.1) is 0 Å². The van der Waals surface area contributed by atoms with Gasteiger partial charge in [0.15, 0.2) is 0 Å². The molecule has 1 N–H and O–H groups in total. The zero-order valence-electron chi connectivity index (χ0n) is 10.9. The Bertz CT molecular complexity index is 345. The van der Waals surface area contributed by atoms with Crippen molar-refractivity contribution in [1.29, 1.82) is 0 Å². The molecule has 0 amide bonds. The van der Waals surface area contributed by atoms with Crippen molar-refractivity contribution < 1.29 is 0 Å². The Labute approximate surface area is 104 Å². The minimum Gasteiger partial charge on any atom is -0.369 e. The summed E-state index contributed by atoms with van der Waals surface area (Å²) in [4.78, 5) is 6.92. The smallest absolute Gasteiger partial charge is 0.0562 e. The van der Waals surface area contributed by atoms with Crippen LogP contribution in [0.15, 0.2) is 18.3 Å². The van der Waals surface area contributed by atoms with Gasteiger partial charge in [0.05, 0.1) is 5.69 Å². The summed E-state index contributed by atoms with van der Waals surface area (Å²) in [6, 6.07) is 5.10. The molecular formula is C14H23N3. The Morgan fingerprint density at radius 3 is 2.82 bits per heavy atom. The number of nitrogens with zero attached hydrogens (tertiary/aromatic N) is 2. The lowest BCUT2D eigenvalue weighted by atomic mass is 10.2. The molecule has 3 heteroatoms. The van der Waals surface area contributed by atoms with E-state index in [4.69, 9.17) is 0 Å². The van der Waals surface area contributed by atoms with Crippen LogP contribution in [-0.4, -0.2) is 24.6 Å². The highest BCUT2D eigenvalue weighted by Gasteiger charge is 2.21. The number of anilines is 1. The predicted molar refractivity (Wildman–Crippen MR) is 72.3 cm³/mol. The third-order valence-electron chi connectivity index (χ3n) is 3.60. The quantitative estimate of drug-likeness (QED) is 0.847. The minimum absolute atomic E-state index is 0.741. The second-order valence-electron chi connectivity index (χ2n) is 4.76. The largest absolute Gasteiger partial charge is 0.369 e. The summed E-state index contributed by atoms with van der Waals surface area (Å²) in [5.74, 6) is 0. The average Bonchev–Trinajstić information content (AvgIpc) is 2.85. The fourth-order valence-electron chi connectivity index (χ4n) is 2.79. The molecule has 0 aromatic carbocycles. The topological polar surface area (TPSA) is 28.2 Å². The van der Waals surface area contributed by atoms with E-state index in [1.807, 2.05) is 13.2 Å². The van der Waals surface area contributed by atoms with E-state index in [0.29, 0.717) is 0 Å². The van der Waals surface area contributed by atoms with Gasteiger partial charge >= 0.3 is 0 Å². The number of hydrogen-bond acceptors (Lipinski definition) is 3. The molecule has 1 aliphatic rings. The van der Waals surface area contributed by atoms with Crippen LogP contribution in [0.2, 0.25) is 0 Å². The maximum Gasteiger partial charge on any atom is 0.0562 e. The van der Waals surface area contributed by atoms with E-state index in [9.17, 15) is 0 Å². The lowest BCUT2D eigenvalue weighted by Crippen LogP contribution is -2.33. The van der Waals surface area contributed by atoms with Crippen molar-refractivity contribution in [2.75, 3.05) is 18.5 Å². The van der Waals surface area contributed by atoms with Gasteiger partial charge in [0.2, 0.25) is 0 Å². The van der Waals surface area contributed by atoms with E-state index < -0.39 is 0 Å². The number of hydrogen-bond donors (Lipinski definition) is 1. The molecular weight excluding hydrogens is 210 g/mol. The fraction of sp³-hybridized carbons (Fsp3) is 0.643. The maximum absolute atomic E-state index is 4.38. The molecule has 94 valence electrons. The maximum atomic E-state index is 4.38. The van der Waals surface area contributed by atoms with Gasteiger partial charge in [0, 0.05) is 31.0 Å². The molecule has 0 unspecified atom stereocenters. The van der Waals surface area contributed by atoms with Crippen molar-refractivity contribution >= 4 is 5.69 Å². The standard InChI is InChI=1S/C14H23N3/c1-3-17(13-6-4-5-7-13)14-8-9-16-12(10-14)11-15-2/h8-10,13,15H,3-7,11H2,1-2H3. The van der Waals surface area contributed by atoms with Crippen molar-refractivity contribution in [3.05, 3.63) is 24.0 Å². The molecule has 0 aliphatic heterocycles. The predicted octanol–water partition coefficient (Wildman–Crippen LogP) is 2.57. The van der Waals surface area contributed by atoms with Gasteiger partial charge in [-0.05, 0) is 38.9 Å². The van der Waals surface area contributed by atoms with Crippen LogP contribution in [0.5, 0.6) is 0 Å². The third-order valence-corrected chi connectivity index (χ3v) is 3.60. The van der Waals surface area contributed by atoms with Crippen molar-refractivity contribution in [3.8, 4) is 0 Å². The number of nitrogens with one attached hydrogen (secondary N) is 1. The summed E-state index contributed by atoms with van der Waals surface area (Å²) in [5.41, 5.74) is 2.46. The zero-order valence-corrected chi connectivity index (χ0v) is 10.9. The molecule has 1 saturated carbocycles. The average molecular weight is 233 g/mol. The van der Waals surface area contributed by atoms with E-state index in [1.165, 1.54) is 31.4 Å². The van der Waals surface area contributed by atoms with E-state index in [1.54, 1.807) is 0 Å². The summed E-state index contributed by atoms with van der Waals surface area (Å²) >= 11 is 0. The lowest BCUT2D eigenvalue weighted by Gasteiger charge is -2.30. The van der Waals surface area contributed by atoms with E-state index >= 15 is 0 Å². The van der Waals surface area contributed by atoms with Gasteiger partial charge < -0.3 is 10.2 Å². The first-order chi connectivity index (χ1) is 8.35. The van der Waals surface area contributed by atoms with Gasteiger partial charge in [0.1, 0.15) is 0 Å². The Morgan fingerprint density at radius 1 is 1.41 bits per heavy atom. The zero-order chi connectivity index (χ0) is 12.1. The highest BCUT2D eigenvalue weighted by molar-refractivity contribution is 5.47. The van der Waals surface area contributed by atoms with Crippen molar-refractivity contribution in [1.82, 2.24) is 10.3 Å². The number of pyridine rings is 1. The molecule has 1 aromatic heterocycles. The van der Waals surface area contributed by atoms with Crippen LogP contribution in [0, 0.1) is 0 Å². The molecule has 1 aromatic rings. The van der Waals surface area contributed by atoms with Crippen molar-refractivity contribution in [2.45, 2.75) is 45.2 Å². The molecule has 0 atom stereocenters. The first-order valence-electron chi connectivity index (χ1n) is 6.71. The highest BCUT2D eigenvalue weighted by atomic mass is 15.2. The van der Waals surface area contributed by atoms with Gasteiger partial charge in [-0.3, -0.25) is 4.98 Å². The van der Waals surface area contributed by atoms with Gasteiger partial charge in [-0.1, -0.05) is 12.8 Å². The van der Waals surface area contributed by atoms with E-state index in [-0.39, 0.29) is 0 Å². The SMILES string of the molecule is CCN(c1ccnc(CNC)c1)C1CCCC1. The van der Waals surface area contributed by atoms with E-state index in [0.717, 1.165) is 24.8 Å². The van der Waals surface area contributed by atoms with Gasteiger partial charge in [0.25, 0.3) is 0 Å². The molecule has 0 bridgehead atoms. The molecule has 3 nitrogen and oxygen atoms in total. The minimum atomic E-state index is 0.741. The molecule has 0 saturated heterocycles. The number of rotatable bonds is 5. The summed E-state index contributed by atoms with van der Waals surface area (Å²) in [7, 11) is 1.96. The molecule has 0 radical (unpaired) electrons.